The molecule has 122 valence electrons. The van der Waals surface area contributed by atoms with Crippen molar-refractivity contribution < 1.29 is 19.7 Å². The first-order chi connectivity index (χ1) is 9.84. The van der Waals surface area contributed by atoms with Crippen molar-refractivity contribution in [2.45, 2.75) is 63.6 Å². The molecule has 1 atom stereocenters. The Hall–Kier alpha value is -0.650. The van der Waals surface area contributed by atoms with Crippen LogP contribution in [0.5, 0.6) is 0 Å². The molecule has 1 heterocycles. The zero-order chi connectivity index (χ0) is 15.5. The summed E-state index contributed by atoms with van der Waals surface area (Å²) >= 11 is 0. The third-order valence-corrected chi connectivity index (χ3v) is 4.81. The number of esters is 1. The van der Waals surface area contributed by atoms with E-state index in [1.165, 1.54) is 0 Å². The number of aliphatic hydroxyl groups is 2. The molecule has 1 saturated carbocycles. The van der Waals surface area contributed by atoms with Crippen LogP contribution in [-0.4, -0.2) is 58.5 Å². The van der Waals surface area contributed by atoms with Crippen LogP contribution in [-0.2, 0) is 9.53 Å². The second-order valence-electron chi connectivity index (χ2n) is 7.06. The summed E-state index contributed by atoms with van der Waals surface area (Å²) in [7, 11) is 0. The van der Waals surface area contributed by atoms with E-state index in [1.807, 2.05) is 13.8 Å². The van der Waals surface area contributed by atoms with Gasteiger partial charge in [0.1, 0.15) is 0 Å². The third-order valence-electron chi connectivity index (χ3n) is 4.81. The van der Waals surface area contributed by atoms with Crippen molar-refractivity contribution in [3.63, 3.8) is 0 Å². The first-order valence-electron chi connectivity index (χ1n) is 8.17. The number of nitrogens with zero attached hydrogens (tertiary/aromatic N) is 1. The van der Waals surface area contributed by atoms with Gasteiger partial charge in [0, 0.05) is 13.1 Å². The fourth-order valence-electron chi connectivity index (χ4n) is 3.68. The van der Waals surface area contributed by atoms with Gasteiger partial charge in [0.25, 0.3) is 0 Å². The number of carbonyl (C=O) groups is 1. The topological polar surface area (TPSA) is 70.0 Å². The van der Waals surface area contributed by atoms with Gasteiger partial charge in [-0.15, -0.1) is 0 Å². The minimum atomic E-state index is -0.726. The number of hydrogen-bond donors (Lipinski definition) is 2. The van der Waals surface area contributed by atoms with E-state index < -0.39 is 11.2 Å². The first kappa shape index (κ1) is 16.7. The molecule has 1 aliphatic carbocycles. The highest BCUT2D eigenvalue weighted by Crippen LogP contribution is 2.34. The maximum absolute atomic E-state index is 11.7. The molecule has 0 radical (unpaired) electrons. The lowest BCUT2D eigenvalue weighted by molar-refractivity contribution is -0.151. The van der Waals surface area contributed by atoms with Gasteiger partial charge in [-0.25, -0.2) is 0 Å². The van der Waals surface area contributed by atoms with Gasteiger partial charge in [-0.05, 0) is 58.9 Å². The monoisotopic (exact) mass is 299 g/mol. The first-order valence-corrected chi connectivity index (χ1v) is 8.17. The Morgan fingerprint density at radius 2 is 1.95 bits per heavy atom. The average molecular weight is 299 g/mol. The Morgan fingerprint density at radius 1 is 1.29 bits per heavy atom. The SMILES string of the molecule is CCOC(=O)C1CCC(O)(CN2CCCC(C)(O)C2)CC1. The second-order valence-corrected chi connectivity index (χ2v) is 7.06. The number of β-amino-alcohol motifs (C(OH)–C–C–N with tert-alkyl or cyclic N) is 2. The molecular formula is C16H29NO4. The molecule has 0 aromatic rings. The van der Waals surface area contributed by atoms with Crippen molar-refractivity contribution in [1.82, 2.24) is 4.90 Å². The molecule has 2 rings (SSSR count). The van der Waals surface area contributed by atoms with Crippen molar-refractivity contribution >= 4 is 5.97 Å². The molecule has 2 fully saturated rings. The van der Waals surface area contributed by atoms with Crippen molar-refractivity contribution in [2.75, 3.05) is 26.2 Å². The summed E-state index contributed by atoms with van der Waals surface area (Å²) in [4.78, 5) is 13.9. The molecule has 2 N–H and O–H groups in total. The largest absolute Gasteiger partial charge is 0.466 e. The van der Waals surface area contributed by atoms with Gasteiger partial charge in [-0.3, -0.25) is 9.69 Å². The third kappa shape index (κ3) is 4.66. The molecule has 5 heteroatoms. The molecular weight excluding hydrogens is 270 g/mol. The summed E-state index contributed by atoms with van der Waals surface area (Å²) < 4.78 is 5.06. The number of carbonyl (C=O) groups excluding carboxylic acids is 1. The lowest BCUT2D eigenvalue weighted by Crippen LogP contribution is -2.53. The van der Waals surface area contributed by atoms with Gasteiger partial charge >= 0.3 is 5.97 Å². The van der Waals surface area contributed by atoms with Gasteiger partial charge in [0.15, 0.2) is 0 Å². The van der Waals surface area contributed by atoms with E-state index in [4.69, 9.17) is 4.74 Å². The van der Waals surface area contributed by atoms with Crippen LogP contribution >= 0.6 is 0 Å². The Morgan fingerprint density at radius 3 is 2.52 bits per heavy atom. The Labute approximate surface area is 127 Å². The van der Waals surface area contributed by atoms with Crippen LogP contribution in [0.3, 0.4) is 0 Å². The maximum Gasteiger partial charge on any atom is 0.308 e. The van der Waals surface area contributed by atoms with Crippen molar-refractivity contribution in [1.29, 1.82) is 0 Å². The van der Waals surface area contributed by atoms with E-state index in [1.54, 1.807) is 0 Å². The van der Waals surface area contributed by atoms with E-state index in [2.05, 4.69) is 4.90 Å². The van der Waals surface area contributed by atoms with Crippen LogP contribution in [0.1, 0.15) is 52.4 Å². The highest BCUT2D eigenvalue weighted by atomic mass is 16.5. The molecule has 1 unspecified atom stereocenters. The Balaban J connectivity index is 1.83. The van der Waals surface area contributed by atoms with Crippen LogP contribution < -0.4 is 0 Å². The smallest absolute Gasteiger partial charge is 0.308 e. The number of rotatable bonds is 4. The molecule has 0 aromatic heterocycles. The lowest BCUT2D eigenvalue weighted by atomic mass is 9.78. The zero-order valence-electron chi connectivity index (χ0n) is 13.3. The minimum absolute atomic E-state index is 0.0605. The molecule has 5 nitrogen and oxygen atoms in total. The molecule has 0 spiro atoms. The van der Waals surface area contributed by atoms with E-state index in [0.29, 0.717) is 45.4 Å². The van der Waals surface area contributed by atoms with Gasteiger partial charge in [0.2, 0.25) is 0 Å². The van der Waals surface area contributed by atoms with E-state index in [-0.39, 0.29) is 11.9 Å². The Kier molecular flexibility index (Phi) is 5.28. The zero-order valence-corrected chi connectivity index (χ0v) is 13.3. The minimum Gasteiger partial charge on any atom is -0.466 e. The van der Waals surface area contributed by atoms with Gasteiger partial charge in [-0.1, -0.05) is 0 Å². The number of piperidine rings is 1. The molecule has 0 bridgehead atoms. The van der Waals surface area contributed by atoms with E-state index in [0.717, 1.165) is 19.4 Å². The summed E-state index contributed by atoms with van der Waals surface area (Å²) in [5, 5.41) is 20.9. The molecule has 1 saturated heterocycles. The van der Waals surface area contributed by atoms with Crippen molar-refractivity contribution in [3.05, 3.63) is 0 Å². The van der Waals surface area contributed by atoms with Crippen molar-refractivity contribution in [2.24, 2.45) is 5.92 Å². The molecule has 21 heavy (non-hydrogen) atoms. The summed E-state index contributed by atoms with van der Waals surface area (Å²) in [5.41, 5.74) is -1.37. The van der Waals surface area contributed by atoms with Gasteiger partial charge in [-0.2, -0.15) is 0 Å². The lowest BCUT2D eigenvalue weighted by Gasteiger charge is -2.43. The molecule has 0 amide bonds. The van der Waals surface area contributed by atoms with E-state index in [9.17, 15) is 15.0 Å². The highest BCUT2D eigenvalue weighted by Gasteiger charge is 2.39. The number of likely N-dealkylation sites (tertiary alicyclic amines) is 1. The predicted molar refractivity (Wildman–Crippen MR) is 79.8 cm³/mol. The fourth-order valence-corrected chi connectivity index (χ4v) is 3.68. The van der Waals surface area contributed by atoms with Crippen molar-refractivity contribution in [3.8, 4) is 0 Å². The van der Waals surface area contributed by atoms with Gasteiger partial charge < -0.3 is 14.9 Å². The summed E-state index contributed by atoms with van der Waals surface area (Å²) in [6.07, 6.45) is 4.45. The number of hydrogen-bond acceptors (Lipinski definition) is 5. The highest BCUT2D eigenvalue weighted by molar-refractivity contribution is 5.72. The van der Waals surface area contributed by atoms with Crippen LogP contribution in [0.2, 0.25) is 0 Å². The van der Waals surface area contributed by atoms with Crippen LogP contribution in [0.15, 0.2) is 0 Å². The molecule has 2 aliphatic rings. The average Bonchev–Trinajstić information content (AvgIpc) is 2.38. The van der Waals surface area contributed by atoms with Crippen LogP contribution in [0, 0.1) is 5.92 Å². The molecule has 1 aliphatic heterocycles. The normalized spacial score (nSPS) is 38.2. The summed E-state index contributed by atoms with van der Waals surface area (Å²) in [5.74, 6) is -0.185. The molecule has 0 aromatic carbocycles. The predicted octanol–water partition coefficient (Wildman–Crippen LogP) is 1.32. The fraction of sp³-hybridized carbons (Fsp3) is 0.938. The second kappa shape index (κ2) is 6.63. The maximum atomic E-state index is 11.7. The van der Waals surface area contributed by atoms with Crippen LogP contribution in [0.4, 0.5) is 0 Å². The van der Waals surface area contributed by atoms with Gasteiger partial charge in [0.05, 0.1) is 23.7 Å². The Bertz CT molecular complexity index is 361. The quantitative estimate of drug-likeness (QED) is 0.766. The summed E-state index contributed by atoms with van der Waals surface area (Å²) in [6, 6.07) is 0. The summed E-state index contributed by atoms with van der Waals surface area (Å²) in [6.45, 7) is 6.25. The van der Waals surface area contributed by atoms with E-state index >= 15 is 0 Å². The number of ether oxygens (including phenoxy) is 1. The standard InChI is InChI=1S/C16H29NO4/c1-3-21-14(18)13-5-8-16(20,9-6-13)12-17-10-4-7-15(2,19)11-17/h13,19-20H,3-12H2,1-2H3. The van der Waals surface area contributed by atoms with Crippen LogP contribution in [0.25, 0.3) is 0 Å².